The lowest BCUT2D eigenvalue weighted by Gasteiger charge is -2.04. The van der Waals surface area contributed by atoms with Gasteiger partial charge in [-0.05, 0) is 41.1 Å². The summed E-state index contributed by atoms with van der Waals surface area (Å²) >= 11 is 15.4. The van der Waals surface area contributed by atoms with Crippen LogP contribution in [-0.2, 0) is 0 Å². The Hall–Kier alpha value is -1.17. The molecule has 0 saturated carbocycles. The normalized spacial score (nSPS) is 11.2. The second kappa shape index (κ2) is 4.74. The molecule has 0 N–H and O–H groups in total. The minimum atomic E-state index is 0.401. The van der Waals surface area contributed by atoms with Crippen LogP contribution in [0.2, 0.25) is 10.2 Å². The van der Waals surface area contributed by atoms with Crippen molar-refractivity contribution in [2.45, 2.75) is 6.92 Å². The van der Waals surface area contributed by atoms with E-state index in [0.717, 1.165) is 15.9 Å². The van der Waals surface area contributed by atoms with Crippen molar-refractivity contribution in [3.05, 3.63) is 44.7 Å². The van der Waals surface area contributed by atoms with Gasteiger partial charge in [0, 0.05) is 16.1 Å². The van der Waals surface area contributed by atoms with E-state index >= 15 is 0 Å². The Kier molecular flexibility index (Phi) is 3.20. The lowest BCUT2D eigenvalue weighted by Crippen LogP contribution is -1.98. The van der Waals surface area contributed by atoms with E-state index in [9.17, 15) is 0 Å². The quantitative estimate of drug-likeness (QED) is 0.614. The molecule has 7 heteroatoms. The van der Waals surface area contributed by atoms with Crippen LogP contribution in [-0.4, -0.2) is 19.6 Å². The number of rotatable bonds is 1. The Bertz CT molecular complexity index is 785. The first kappa shape index (κ1) is 12.8. The van der Waals surface area contributed by atoms with Gasteiger partial charge in [0.15, 0.2) is 11.5 Å². The molecule has 0 radical (unpaired) electrons. The Labute approximate surface area is 127 Å². The van der Waals surface area contributed by atoms with E-state index in [2.05, 4.69) is 31.1 Å². The monoisotopic (exact) mass is 356 g/mol. The van der Waals surface area contributed by atoms with Gasteiger partial charge in [0.25, 0.3) is 0 Å². The highest BCUT2D eigenvalue weighted by atomic mass is 79.9. The largest absolute Gasteiger partial charge is 0.263 e. The van der Waals surface area contributed by atoms with Crippen molar-refractivity contribution in [1.82, 2.24) is 19.6 Å². The highest BCUT2D eigenvalue weighted by Gasteiger charge is 2.12. The molecule has 3 rings (SSSR count). The van der Waals surface area contributed by atoms with Gasteiger partial charge in [-0.15, -0.1) is 10.2 Å². The van der Waals surface area contributed by atoms with Crippen molar-refractivity contribution in [2.24, 2.45) is 0 Å². The zero-order chi connectivity index (χ0) is 13.6. The van der Waals surface area contributed by atoms with Crippen molar-refractivity contribution in [3.8, 4) is 11.4 Å². The Balaban J connectivity index is 2.28. The second-order valence-electron chi connectivity index (χ2n) is 3.97. The van der Waals surface area contributed by atoms with Crippen LogP contribution < -0.4 is 0 Å². The first-order chi connectivity index (χ1) is 9.06. The van der Waals surface area contributed by atoms with E-state index in [4.69, 9.17) is 23.2 Å². The third-order valence-electron chi connectivity index (χ3n) is 2.71. The highest BCUT2D eigenvalue weighted by molar-refractivity contribution is 9.10. The third kappa shape index (κ3) is 2.22. The maximum Gasteiger partial charge on any atom is 0.169 e. The van der Waals surface area contributed by atoms with Gasteiger partial charge in [-0.1, -0.05) is 23.2 Å². The van der Waals surface area contributed by atoms with Crippen LogP contribution in [0.15, 0.2) is 28.7 Å². The fourth-order valence-electron chi connectivity index (χ4n) is 1.87. The van der Waals surface area contributed by atoms with E-state index < -0.39 is 0 Å². The predicted molar refractivity (Wildman–Crippen MR) is 78.7 cm³/mol. The number of hydrogen-bond acceptors (Lipinski definition) is 3. The Morgan fingerprint density at radius 2 is 1.95 bits per heavy atom. The van der Waals surface area contributed by atoms with Crippen molar-refractivity contribution in [3.63, 3.8) is 0 Å². The molecule has 0 aliphatic heterocycles. The summed E-state index contributed by atoms with van der Waals surface area (Å²) in [6.45, 7) is 1.85. The smallest absolute Gasteiger partial charge is 0.169 e. The molecule has 4 nitrogen and oxygen atoms in total. The molecule has 2 heterocycles. The fourth-order valence-corrected chi connectivity index (χ4v) is 2.52. The first-order valence-corrected chi connectivity index (χ1v) is 6.95. The molecule has 0 spiro atoms. The molecule has 0 unspecified atom stereocenters. The minimum absolute atomic E-state index is 0.401. The number of fused-ring (bicyclic) bond motifs is 1. The SMILES string of the molecule is Cc1nc(Cl)cc2nnc(-c3ccc(Br)c(Cl)c3)n12. The zero-order valence-electron chi connectivity index (χ0n) is 9.73. The summed E-state index contributed by atoms with van der Waals surface area (Å²) < 4.78 is 2.68. The molecule has 0 aliphatic rings. The van der Waals surface area contributed by atoms with Crippen molar-refractivity contribution in [1.29, 1.82) is 0 Å². The van der Waals surface area contributed by atoms with E-state index in [1.165, 1.54) is 0 Å². The summed E-state index contributed by atoms with van der Waals surface area (Å²) in [5.41, 5.74) is 1.53. The van der Waals surface area contributed by atoms with Crippen LogP contribution in [0, 0.1) is 6.92 Å². The van der Waals surface area contributed by atoms with Crippen LogP contribution in [0.1, 0.15) is 5.82 Å². The number of aryl methyl sites for hydroxylation is 1. The number of halogens is 3. The maximum absolute atomic E-state index is 6.11. The topological polar surface area (TPSA) is 43.1 Å². The van der Waals surface area contributed by atoms with Gasteiger partial charge in [0.05, 0.1) is 5.02 Å². The maximum atomic E-state index is 6.11. The molecule has 19 heavy (non-hydrogen) atoms. The molecule has 0 amide bonds. The third-order valence-corrected chi connectivity index (χ3v) is 4.13. The molecule has 3 aromatic rings. The number of aromatic nitrogens is 4. The average Bonchev–Trinajstić information content (AvgIpc) is 2.76. The lowest BCUT2D eigenvalue weighted by molar-refractivity contribution is 0.988. The molecule has 0 saturated heterocycles. The van der Waals surface area contributed by atoms with E-state index in [1.54, 1.807) is 6.07 Å². The number of nitrogens with zero attached hydrogens (tertiary/aromatic N) is 4. The van der Waals surface area contributed by atoms with E-state index in [0.29, 0.717) is 21.6 Å². The fraction of sp³-hybridized carbons (Fsp3) is 0.0833. The van der Waals surface area contributed by atoms with Crippen LogP contribution in [0.3, 0.4) is 0 Å². The van der Waals surface area contributed by atoms with Crippen LogP contribution in [0.25, 0.3) is 17.0 Å². The minimum Gasteiger partial charge on any atom is -0.263 e. The summed E-state index contributed by atoms with van der Waals surface area (Å²) in [5.74, 6) is 1.41. The summed E-state index contributed by atoms with van der Waals surface area (Å²) in [4.78, 5) is 4.21. The van der Waals surface area contributed by atoms with Gasteiger partial charge in [0.1, 0.15) is 11.0 Å². The van der Waals surface area contributed by atoms with Gasteiger partial charge in [-0.3, -0.25) is 4.40 Å². The van der Waals surface area contributed by atoms with Gasteiger partial charge in [0.2, 0.25) is 0 Å². The predicted octanol–water partition coefficient (Wildman–Crippen LogP) is 4.17. The number of hydrogen-bond donors (Lipinski definition) is 0. The summed E-state index contributed by atoms with van der Waals surface area (Å²) in [6, 6.07) is 7.29. The Morgan fingerprint density at radius 3 is 2.68 bits per heavy atom. The van der Waals surface area contributed by atoms with Crippen LogP contribution >= 0.6 is 39.1 Å². The number of benzene rings is 1. The lowest BCUT2D eigenvalue weighted by atomic mass is 10.2. The average molecular weight is 358 g/mol. The first-order valence-electron chi connectivity index (χ1n) is 5.40. The van der Waals surface area contributed by atoms with Gasteiger partial charge in [-0.2, -0.15) is 0 Å². The standard InChI is InChI=1S/C12H7BrCl2N4/c1-6-16-10(15)5-11-17-18-12(19(6)11)7-2-3-8(13)9(14)4-7/h2-5H,1H3. The summed E-state index contributed by atoms with van der Waals surface area (Å²) in [6.07, 6.45) is 0. The van der Waals surface area contributed by atoms with E-state index in [-0.39, 0.29) is 0 Å². The molecule has 0 bridgehead atoms. The zero-order valence-corrected chi connectivity index (χ0v) is 12.8. The Morgan fingerprint density at radius 1 is 1.16 bits per heavy atom. The molecule has 2 aromatic heterocycles. The van der Waals surface area contributed by atoms with Crippen LogP contribution in [0.5, 0.6) is 0 Å². The van der Waals surface area contributed by atoms with Crippen molar-refractivity contribution in [2.75, 3.05) is 0 Å². The van der Waals surface area contributed by atoms with Crippen LogP contribution in [0.4, 0.5) is 0 Å². The molecular formula is C12H7BrCl2N4. The van der Waals surface area contributed by atoms with Crippen molar-refractivity contribution < 1.29 is 0 Å². The summed E-state index contributed by atoms with van der Waals surface area (Å²) in [7, 11) is 0. The molecule has 0 fully saturated rings. The molecule has 1 aromatic carbocycles. The second-order valence-corrected chi connectivity index (χ2v) is 5.62. The van der Waals surface area contributed by atoms with Gasteiger partial charge in [-0.25, -0.2) is 4.98 Å². The highest BCUT2D eigenvalue weighted by Crippen LogP contribution is 2.28. The molecule has 0 aliphatic carbocycles. The molecule has 0 atom stereocenters. The van der Waals surface area contributed by atoms with Gasteiger partial charge < -0.3 is 0 Å². The van der Waals surface area contributed by atoms with E-state index in [1.807, 2.05) is 29.5 Å². The molecule has 96 valence electrons. The molecular weight excluding hydrogens is 351 g/mol. The van der Waals surface area contributed by atoms with Crippen molar-refractivity contribution >= 4 is 44.8 Å². The van der Waals surface area contributed by atoms with Gasteiger partial charge >= 0.3 is 0 Å². The summed E-state index contributed by atoms with van der Waals surface area (Å²) in [5, 5.41) is 9.30.